The monoisotopic (exact) mass is 375 g/mol. The highest BCUT2D eigenvalue weighted by Gasteiger charge is 2.29. The van der Waals surface area contributed by atoms with Gasteiger partial charge in [0.15, 0.2) is 11.5 Å². The minimum atomic E-state index is -0.0975. The molecule has 0 N–H and O–H groups in total. The SMILES string of the molecule is COc1c(C[C@@H]2CC(c3ccc(Cl)cc3)=NO2)cc2c(c1OC)OCO2. The van der Waals surface area contributed by atoms with Crippen LogP contribution in [0.5, 0.6) is 23.0 Å². The molecule has 0 radical (unpaired) electrons. The van der Waals surface area contributed by atoms with E-state index in [1.807, 2.05) is 30.3 Å². The Hall–Kier alpha value is -2.60. The third-order valence-electron chi connectivity index (χ3n) is 4.42. The molecule has 0 bridgehead atoms. The first-order chi connectivity index (χ1) is 12.7. The molecule has 0 fully saturated rings. The van der Waals surface area contributed by atoms with Crippen molar-refractivity contribution in [3.63, 3.8) is 0 Å². The smallest absolute Gasteiger partial charge is 0.231 e. The van der Waals surface area contributed by atoms with Crippen LogP contribution in [0.15, 0.2) is 35.5 Å². The highest BCUT2D eigenvalue weighted by atomic mass is 35.5. The van der Waals surface area contributed by atoms with Crippen LogP contribution in [0.1, 0.15) is 17.5 Å². The summed E-state index contributed by atoms with van der Waals surface area (Å²) in [5.41, 5.74) is 2.83. The van der Waals surface area contributed by atoms with Crippen LogP contribution in [0.3, 0.4) is 0 Å². The number of methoxy groups -OCH3 is 2. The van der Waals surface area contributed by atoms with Crippen molar-refractivity contribution in [3.8, 4) is 23.0 Å². The maximum Gasteiger partial charge on any atom is 0.231 e. The Balaban J connectivity index is 1.54. The topological polar surface area (TPSA) is 58.5 Å². The lowest BCUT2D eigenvalue weighted by molar-refractivity contribution is 0.0853. The predicted molar refractivity (Wildman–Crippen MR) is 96.9 cm³/mol. The van der Waals surface area contributed by atoms with Gasteiger partial charge in [-0.3, -0.25) is 0 Å². The maximum atomic E-state index is 5.94. The molecule has 1 atom stereocenters. The number of halogens is 1. The van der Waals surface area contributed by atoms with E-state index in [2.05, 4.69) is 5.16 Å². The summed E-state index contributed by atoms with van der Waals surface area (Å²) in [5.74, 6) is 2.38. The molecular weight excluding hydrogens is 358 g/mol. The lowest BCUT2D eigenvalue weighted by atomic mass is 9.99. The number of rotatable bonds is 5. The Morgan fingerprint density at radius 2 is 1.88 bits per heavy atom. The summed E-state index contributed by atoms with van der Waals surface area (Å²) in [6.07, 6.45) is 1.21. The fourth-order valence-electron chi connectivity index (χ4n) is 3.20. The summed E-state index contributed by atoms with van der Waals surface area (Å²) in [5, 5.41) is 4.93. The minimum Gasteiger partial charge on any atom is -0.492 e. The molecule has 0 aliphatic carbocycles. The second kappa shape index (κ2) is 6.96. The Morgan fingerprint density at radius 1 is 1.12 bits per heavy atom. The van der Waals surface area contributed by atoms with Crippen molar-refractivity contribution in [3.05, 3.63) is 46.5 Å². The molecular formula is C19H18ClNO5. The molecule has 0 unspecified atom stereocenters. The van der Waals surface area contributed by atoms with Crippen LogP contribution in [0, 0.1) is 0 Å². The fraction of sp³-hybridized carbons (Fsp3) is 0.316. The molecule has 2 aromatic rings. The molecule has 26 heavy (non-hydrogen) atoms. The van der Waals surface area contributed by atoms with Crippen LogP contribution < -0.4 is 18.9 Å². The van der Waals surface area contributed by atoms with Crippen LogP contribution in [0.2, 0.25) is 5.02 Å². The van der Waals surface area contributed by atoms with Gasteiger partial charge in [0, 0.05) is 23.4 Å². The number of nitrogens with zero attached hydrogens (tertiary/aromatic N) is 1. The van der Waals surface area contributed by atoms with Gasteiger partial charge in [-0.1, -0.05) is 28.9 Å². The van der Waals surface area contributed by atoms with E-state index in [0.717, 1.165) is 16.8 Å². The molecule has 6 nitrogen and oxygen atoms in total. The highest BCUT2D eigenvalue weighted by molar-refractivity contribution is 6.30. The number of hydrogen-bond donors (Lipinski definition) is 0. The largest absolute Gasteiger partial charge is 0.492 e. The van der Waals surface area contributed by atoms with E-state index < -0.39 is 0 Å². The lowest BCUT2D eigenvalue weighted by Gasteiger charge is -2.16. The summed E-state index contributed by atoms with van der Waals surface area (Å²) >= 11 is 5.94. The summed E-state index contributed by atoms with van der Waals surface area (Å²) in [4.78, 5) is 5.63. The van der Waals surface area contributed by atoms with E-state index >= 15 is 0 Å². The summed E-state index contributed by atoms with van der Waals surface area (Å²) < 4.78 is 22.0. The molecule has 0 saturated heterocycles. The zero-order valence-corrected chi connectivity index (χ0v) is 15.2. The van der Waals surface area contributed by atoms with Crippen molar-refractivity contribution in [2.75, 3.05) is 21.0 Å². The van der Waals surface area contributed by atoms with Gasteiger partial charge in [0.1, 0.15) is 6.10 Å². The summed E-state index contributed by atoms with van der Waals surface area (Å²) in [6.45, 7) is 0.169. The molecule has 136 valence electrons. The molecule has 2 aliphatic heterocycles. The molecule has 0 saturated carbocycles. The zero-order chi connectivity index (χ0) is 18.1. The minimum absolute atomic E-state index is 0.0975. The zero-order valence-electron chi connectivity index (χ0n) is 14.5. The van der Waals surface area contributed by atoms with Crippen LogP contribution in [0.4, 0.5) is 0 Å². The van der Waals surface area contributed by atoms with Gasteiger partial charge < -0.3 is 23.8 Å². The van der Waals surface area contributed by atoms with Crippen molar-refractivity contribution in [1.82, 2.24) is 0 Å². The number of oxime groups is 1. The molecule has 2 heterocycles. The number of fused-ring (bicyclic) bond motifs is 1. The van der Waals surface area contributed by atoms with Gasteiger partial charge in [-0.15, -0.1) is 0 Å². The number of benzene rings is 2. The average molecular weight is 376 g/mol. The number of hydrogen-bond acceptors (Lipinski definition) is 6. The normalized spacial score (nSPS) is 17.7. The van der Waals surface area contributed by atoms with E-state index in [4.69, 9.17) is 35.4 Å². The molecule has 2 aliphatic rings. The first-order valence-corrected chi connectivity index (χ1v) is 8.59. The molecule has 0 spiro atoms. The van der Waals surface area contributed by atoms with Crippen molar-refractivity contribution in [2.24, 2.45) is 5.16 Å². The Morgan fingerprint density at radius 3 is 2.62 bits per heavy atom. The Labute approximate surface area is 156 Å². The van der Waals surface area contributed by atoms with Crippen LogP contribution in [-0.4, -0.2) is 32.8 Å². The maximum absolute atomic E-state index is 5.94. The van der Waals surface area contributed by atoms with Crippen molar-refractivity contribution in [1.29, 1.82) is 0 Å². The molecule has 2 aromatic carbocycles. The van der Waals surface area contributed by atoms with E-state index in [9.17, 15) is 0 Å². The average Bonchev–Trinajstić information content (AvgIpc) is 3.30. The lowest BCUT2D eigenvalue weighted by Crippen LogP contribution is -2.13. The Bertz CT molecular complexity index is 850. The van der Waals surface area contributed by atoms with Gasteiger partial charge >= 0.3 is 0 Å². The van der Waals surface area contributed by atoms with Crippen LogP contribution in [-0.2, 0) is 11.3 Å². The molecule has 7 heteroatoms. The fourth-order valence-corrected chi connectivity index (χ4v) is 3.33. The van der Waals surface area contributed by atoms with Gasteiger partial charge in [-0.2, -0.15) is 0 Å². The first kappa shape index (κ1) is 16.8. The number of ether oxygens (including phenoxy) is 4. The van der Waals surface area contributed by atoms with Gasteiger partial charge in [0.2, 0.25) is 18.3 Å². The summed E-state index contributed by atoms with van der Waals surface area (Å²) in [6, 6.07) is 9.48. The van der Waals surface area contributed by atoms with Crippen molar-refractivity contribution >= 4 is 17.3 Å². The second-order valence-corrected chi connectivity index (χ2v) is 6.45. The third kappa shape index (κ3) is 3.01. The first-order valence-electron chi connectivity index (χ1n) is 8.21. The quantitative estimate of drug-likeness (QED) is 0.795. The van der Waals surface area contributed by atoms with E-state index in [1.54, 1.807) is 14.2 Å². The molecule has 0 amide bonds. The highest BCUT2D eigenvalue weighted by Crippen LogP contribution is 2.49. The van der Waals surface area contributed by atoms with Crippen molar-refractivity contribution < 1.29 is 23.8 Å². The Kier molecular flexibility index (Phi) is 4.51. The van der Waals surface area contributed by atoms with Gasteiger partial charge in [-0.25, -0.2) is 0 Å². The second-order valence-electron chi connectivity index (χ2n) is 6.02. The summed E-state index contributed by atoms with van der Waals surface area (Å²) in [7, 11) is 3.19. The van der Waals surface area contributed by atoms with Gasteiger partial charge in [-0.05, 0) is 23.8 Å². The molecule has 0 aromatic heterocycles. The standard InChI is InChI=1S/C19H18ClNO5/c1-22-17-12(8-16-18(19(17)23-2)25-10-24-16)7-14-9-15(21-26-14)11-3-5-13(20)6-4-11/h3-6,8,14H,7,9-10H2,1-2H3/t14-/m1/s1. The van der Waals surface area contributed by atoms with E-state index in [-0.39, 0.29) is 12.9 Å². The van der Waals surface area contributed by atoms with Gasteiger partial charge in [0.25, 0.3) is 0 Å². The van der Waals surface area contributed by atoms with E-state index in [0.29, 0.717) is 40.9 Å². The molecule has 4 rings (SSSR count). The van der Waals surface area contributed by atoms with Gasteiger partial charge in [0.05, 0.1) is 19.9 Å². The van der Waals surface area contributed by atoms with Crippen LogP contribution in [0.25, 0.3) is 0 Å². The van der Waals surface area contributed by atoms with Crippen LogP contribution >= 0.6 is 11.6 Å². The third-order valence-corrected chi connectivity index (χ3v) is 4.67. The van der Waals surface area contributed by atoms with E-state index in [1.165, 1.54) is 0 Å². The predicted octanol–water partition coefficient (Wildman–Crippen LogP) is 3.82. The van der Waals surface area contributed by atoms with Crippen molar-refractivity contribution in [2.45, 2.75) is 18.9 Å².